The fourth-order valence-corrected chi connectivity index (χ4v) is 4.17. The third-order valence-corrected chi connectivity index (χ3v) is 5.49. The standard InChI is InChI=1S/C11H26N2Si/c1-7-13(8-2)14(12(5)6)10-9-11(3)4/h9-11,14H,7-8H2,1-6H3. The molecule has 0 amide bonds. The van der Waals surface area contributed by atoms with Gasteiger partial charge in [0.15, 0.2) is 0 Å². The summed E-state index contributed by atoms with van der Waals surface area (Å²) in [6.45, 7) is 11.3. The van der Waals surface area contributed by atoms with Crippen LogP contribution in [0.5, 0.6) is 0 Å². The topological polar surface area (TPSA) is 6.48 Å². The Balaban J connectivity index is 4.42. The Morgan fingerprint density at radius 3 is 1.93 bits per heavy atom. The molecule has 0 saturated heterocycles. The highest BCUT2D eigenvalue weighted by Crippen LogP contribution is 2.02. The summed E-state index contributed by atoms with van der Waals surface area (Å²) in [6, 6.07) is 0. The van der Waals surface area contributed by atoms with Crippen molar-refractivity contribution in [1.82, 2.24) is 9.13 Å². The highest BCUT2D eigenvalue weighted by Gasteiger charge is 2.16. The van der Waals surface area contributed by atoms with Gasteiger partial charge in [0.25, 0.3) is 0 Å². The smallest absolute Gasteiger partial charge is 0.214 e. The van der Waals surface area contributed by atoms with Crippen molar-refractivity contribution in [3.05, 3.63) is 11.8 Å². The van der Waals surface area contributed by atoms with Crippen molar-refractivity contribution in [2.75, 3.05) is 27.2 Å². The summed E-state index contributed by atoms with van der Waals surface area (Å²) in [6.07, 6.45) is 2.34. The van der Waals surface area contributed by atoms with Crippen LogP contribution in [0.2, 0.25) is 0 Å². The first kappa shape index (κ1) is 13.9. The molecule has 0 bridgehead atoms. The van der Waals surface area contributed by atoms with Crippen LogP contribution in [-0.4, -0.2) is 45.4 Å². The molecule has 14 heavy (non-hydrogen) atoms. The molecule has 0 aromatic carbocycles. The third-order valence-electron chi connectivity index (χ3n) is 2.38. The molecule has 0 aromatic heterocycles. The van der Waals surface area contributed by atoms with Gasteiger partial charge >= 0.3 is 0 Å². The van der Waals surface area contributed by atoms with Gasteiger partial charge in [0.1, 0.15) is 0 Å². The zero-order valence-corrected chi connectivity index (χ0v) is 11.8. The molecular weight excluding hydrogens is 188 g/mol. The Hall–Kier alpha value is -0.123. The summed E-state index contributed by atoms with van der Waals surface area (Å²) in [5.74, 6) is 0.667. The van der Waals surface area contributed by atoms with Crippen molar-refractivity contribution in [3.63, 3.8) is 0 Å². The van der Waals surface area contributed by atoms with Gasteiger partial charge in [-0.1, -0.05) is 39.5 Å². The van der Waals surface area contributed by atoms with Crippen LogP contribution in [0.4, 0.5) is 0 Å². The van der Waals surface area contributed by atoms with Crippen LogP contribution in [-0.2, 0) is 0 Å². The van der Waals surface area contributed by atoms with Gasteiger partial charge in [-0.05, 0) is 33.1 Å². The van der Waals surface area contributed by atoms with E-state index in [0.717, 1.165) is 13.1 Å². The van der Waals surface area contributed by atoms with Crippen LogP contribution in [0, 0.1) is 5.92 Å². The van der Waals surface area contributed by atoms with Gasteiger partial charge in [-0.2, -0.15) is 0 Å². The summed E-state index contributed by atoms with van der Waals surface area (Å²) in [5.41, 5.74) is 2.44. The maximum Gasteiger partial charge on any atom is 0.214 e. The molecule has 0 aliphatic heterocycles. The lowest BCUT2D eigenvalue weighted by Gasteiger charge is -2.30. The average molecular weight is 214 g/mol. The lowest BCUT2D eigenvalue weighted by molar-refractivity contribution is 0.433. The Morgan fingerprint density at radius 2 is 1.64 bits per heavy atom. The van der Waals surface area contributed by atoms with Gasteiger partial charge in [-0.3, -0.25) is 0 Å². The molecular formula is C11H26N2Si. The second-order valence-corrected chi connectivity index (χ2v) is 7.20. The summed E-state index contributed by atoms with van der Waals surface area (Å²) >= 11 is 0. The Morgan fingerprint density at radius 1 is 1.14 bits per heavy atom. The van der Waals surface area contributed by atoms with Crippen molar-refractivity contribution in [1.29, 1.82) is 0 Å². The first-order valence-electron chi connectivity index (χ1n) is 5.61. The van der Waals surface area contributed by atoms with Crippen molar-refractivity contribution >= 4 is 9.12 Å². The minimum absolute atomic E-state index is 0.667. The first-order valence-corrected chi connectivity index (χ1v) is 7.31. The zero-order valence-electron chi connectivity index (χ0n) is 10.6. The van der Waals surface area contributed by atoms with Crippen LogP contribution in [0.15, 0.2) is 11.8 Å². The summed E-state index contributed by atoms with van der Waals surface area (Å²) in [7, 11) is 3.40. The molecule has 0 heterocycles. The van der Waals surface area contributed by atoms with Crippen LogP contribution in [0.1, 0.15) is 27.7 Å². The highest BCUT2D eigenvalue weighted by molar-refractivity contribution is 6.58. The molecule has 0 saturated carbocycles. The first-order chi connectivity index (χ1) is 6.52. The fourth-order valence-electron chi connectivity index (χ4n) is 1.54. The Kier molecular flexibility index (Phi) is 7.14. The van der Waals surface area contributed by atoms with Crippen LogP contribution in [0.3, 0.4) is 0 Å². The molecule has 2 nitrogen and oxygen atoms in total. The van der Waals surface area contributed by atoms with E-state index in [-0.39, 0.29) is 0 Å². The lowest BCUT2D eigenvalue weighted by atomic mass is 10.2. The van der Waals surface area contributed by atoms with Gasteiger partial charge in [0.05, 0.1) is 0 Å². The molecule has 1 atom stereocenters. The van der Waals surface area contributed by atoms with E-state index in [2.05, 4.69) is 62.7 Å². The summed E-state index contributed by atoms with van der Waals surface area (Å²) in [5, 5.41) is 0. The van der Waals surface area contributed by atoms with Crippen LogP contribution >= 0.6 is 0 Å². The van der Waals surface area contributed by atoms with E-state index < -0.39 is 9.12 Å². The van der Waals surface area contributed by atoms with Gasteiger partial charge in [0.2, 0.25) is 9.12 Å². The monoisotopic (exact) mass is 214 g/mol. The largest absolute Gasteiger partial charge is 0.317 e. The fraction of sp³-hybridized carbons (Fsp3) is 0.818. The molecule has 84 valence electrons. The van der Waals surface area contributed by atoms with Gasteiger partial charge in [0, 0.05) is 0 Å². The van der Waals surface area contributed by atoms with E-state index in [1.54, 1.807) is 0 Å². The lowest BCUT2D eigenvalue weighted by Crippen LogP contribution is -2.48. The van der Waals surface area contributed by atoms with E-state index in [4.69, 9.17) is 0 Å². The zero-order chi connectivity index (χ0) is 11.1. The molecule has 0 aliphatic carbocycles. The van der Waals surface area contributed by atoms with E-state index in [9.17, 15) is 0 Å². The van der Waals surface area contributed by atoms with E-state index >= 15 is 0 Å². The molecule has 0 aliphatic rings. The Bertz CT molecular complexity index is 163. The number of hydrogen-bond acceptors (Lipinski definition) is 2. The normalized spacial score (nSPS) is 14.9. The predicted molar refractivity (Wildman–Crippen MR) is 67.7 cm³/mol. The number of hydrogen-bond donors (Lipinski definition) is 0. The van der Waals surface area contributed by atoms with Gasteiger partial charge in [-0.15, -0.1) is 0 Å². The highest BCUT2D eigenvalue weighted by atomic mass is 28.3. The minimum Gasteiger partial charge on any atom is -0.317 e. The second-order valence-electron chi connectivity index (χ2n) is 4.23. The maximum absolute atomic E-state index is 2.58. The maximum atomic E-state index is 2.58. The summed E-state index contributed by atoms with van der Waals surface area (Å²) in [4.78, 5) is 0. The number of allylic oxidation sites excluding steroid dienone is 1. The van der Waals surface area contributed by atoms with Crippen LogP contribution < -0.4 is 0 Å². The van der Waals surface area contributed by atoms with Gasteiger partial charge < -0.3 is 9.13 Å². The van der Waals surface area contributed by atoms with E-state index in [1.807, 2.05) is 0 Å². The molecule has 0 spiro atoms. The second kappa shape index (κ2) is 7.21. The molecule has 0 rings (SSSR count). The van der Waals surface area contributed by atoms with Crippen molar-refractivity contribution in [2.45, 2.75) is 27.7 Å². The average Bonchev–Trinajstić information content (AvgIpc) is 2.11. The SMILES string of the molecule is CCN(CC)[SiH](C=CC(C)C)N(C)C. The van der Waals surface area contributed by atoms with Crippen molar-refractivity contribution in [3.8, 4) is 0 Å². The van der Waals surface area contributed by atoms with Gasteiger partial charge in [-0.25, -0.2) is 0 Å². The molecule has 1 unspecified atom stereocenters. The van der Waals surface area contributed by atoms with Crippen molar-refractivity contribution in [2.24, 2.45) is 5.92 Å². The number of nitrogens with zero attached hydrogens (tertiary/aromatic N) is 2. The van der Waals surface area contributed by atoms with E-state index in [1.165, 1.54) is 0 Å². The van der Waals surface area contributed by atoms with Crippen molar-refractivity contribution < 1.29 is 0 Å². The Labute approximate surface area is 91.4 Å². The van der Waals surface area contributed by atoms with E-state index in [0.29, 0.717) is 5.92 Å². The molecule has 0 radical (unpaired) electrons. The molecule has 0 N–H and O–H groups in total. The molecule has 0 aromatic rings. The molecule has 0 fully saturated rings. The summed E-state index contributed by atoms with van der Waals surface area (Å²) < 4.78 is 4.98. The number of rotatable bonds is 6. The quantitative estimate of drug-likeness (QED) is 0.623. The molecule has 3 heteroatoms. The predicted octanol–water partition coefficient (Wildman–Crippen LogP) is 1.86. The minimum atomic E-state index is -0.992. The van der Waals surface area contributed by atoms with Crippen LogP contribution in [0.25, 0.3) is 0 Å². The third kappa shape index (κ3) is 4.93.